The van der Waals surface area contributed by atoms with Crippen molar-refractivity contribution >= 4 is 18.2 Å². The van der Waals surface area contributed by atoms with Gasteiger partial charge >= 0.3 is 18.2 Å². The normalized spacial score (nSPS) is 18.7. The second-order valence-corrected chi connectivity index (χ2v) is 11.1. The van der Waals surface area contributed by atoms with Gasteiger partial charge in [-0.3, -0.25) is 4.90 Å². The molecule has 0 saturated carbocycles. The van der Waals surface area contributed by atoms with E-state index < -0.39 is 54.7 Å². The molecule has 0 aromatic heterocycles. The van der Waals surface area contributed by atoms with E-state index in [-0.39, 0.29) is 31.8 Å². The molecule has 1 aliphatic heterocycles. The lowest BCUT2D eigenvalue weighted by atomic mass is 9.98. The Hall–Kier alpha value is -3.69. The average molecular weight is 545 g/mol. The number of halogens is 2. The number of fused-ring (bicyclic) bond motifs is 3. The number of nitrogens with one attached hydrogen (secondary N) is 1. The molecular formula is C29H34F2N2O6. The number of benzene rings is 2. The number of hydrogen-bond acceptors (Lipinski definition) is 5. The highest BCUT2D eigenvalue weighted by molar-refractivity contribution is 5.81. The Balaban J connectivity index is 1.31. The Morgan fingerprint density at radius 2 is 1.67 bits per heavy atom. The molecule has 39 heavy (non-hydrogen) atoms. The molecule has 1 saturated heterocycles. The van der Waals surface area contributed by atoms with Gasteiger partial charge in [0.15, 0.2) is 0 Å². The maximum Gasteiger partial charge on any atom is 0.410 e. The van der Waals surface area contributed by atoms with Crippen molar-refractivity contribution in [3.63, 3.8) is 0 Å². The molecule has 0 spiro atoms. The minimum absolute atomic E-state index is 0.0102. The summed E-state index contributed by atoms with van der Waals surface area (Å²) in [5.74, 6) is -4.48. The smallest absolute Gasteiger partial charge is 0.410 e. The number of carboxylic acid groups (broad SMARTS) is 1. The van der Waals surface area contributed by atoms with Crippen molar-refractivity contribution in [2.45, 2.75) is 76.0 Å². The fourth-order valence-corrected chi connectivity index (χ4v) is 5.29. The largest absolute Gasteiger partial charge is 0.480 e. The molecule has 1 heterocycles. The lowest BCUT2D eigenvalue weighted by Crippen LogP contribution is -2.42. The number of carbonyl (C=O) groups excluding carboxylic acids is 2. The van der Waals surface area contributed by atoms with Crippen LogP contribution >= 0.6 is 0 Å². The van der Waals surface area contributed by atoms with Crippen molar-refractivity contribution < 1.29 is 37.7 Å². The lowest BCUT2D eigenvalue weighted by molar-refractivity contribution is -0.139. The predicted octanol–water partition coefficient (Wildman–Crippen LogP) is 5.79. The fourth-order valence-electron chi connectivity index (χ4n) is 5.29. The van der Waals surface area contributed by atoms with Crippen molar-refractivity contribution in [3.05, 3.63) is 59.7 Å². The highest BCUT2D eigenvalue weighted by Gasteiger charge is 2.48. The molecule has 10 heteroatoms. The van der Waals surface area contributed by atoms with Crippen LogP contribution in [0.25, 0.3) is 11.1 Å². The Kier molecular flexibility index (Phi) is 8.13. The molecule has 0 radical (unpaired) electrons. The summed E-state index contributed by atoms with van der Waals surface area (Å²) in [6.45, 7) is 4.25. The summed E-state index contributed by atoms with van der Waals surface area (Å²) < 4.78 is 38.9. The SMILES string of the molecule is CC(C)(C)OC(=O)N1CC(F)(F)C[C@H]1CCCC(NC(=O)OCC1c2ccccc2-c2ccccc21)C(=O)O. The van der Waals surface area contributed by atoms with E-state index in [9.17, 15) is 28.3 Å². The molecule has 8 nitrogen and oxygen atoms in total. The summed E-state index contributed by atoms with van der Waals surface area (Å²) >= 11 is 0. The standard InChI is InChI=1S/C29H34F2N2O6/c1-28(2,3)39-27(37)33-17-29(30,31)15-18(33)9-8-14-24(25(34)35)32-26(36)38-16-23-21-12-6-4-10-19(21)20-11-5-7-13-22(20)23/h4-7,10-13,18,23-24H,8-9,14-17H2,1-3H3,(H,32,36)(H,34,35)/t18-,24?/m1/s1. The van der Waals surface area contributed by atoms with Crippen LogP contribution in [0.4, 0.5) is 18.4 Å². The van der Waals surface area contributed by atoms with Crippen LogP contribution in [0.1, 0.15) is 63.5 Å². The number of nitrogens with zero attached hydrogens (tertiary/aromatic N) is 1. The molecule has 2 aliphatic rings. The monoisotopic (exact) mass is 544 g/mol. The third-order valence-electron chi connectivity index (χ3n) is 6.97. The van der Waals surface area contributed by atoms with Crippen LogP contribution in [0.15, 0.2) is 48.5 Å². The van der Waals surface area contributed by atoms with E-state index in [2.05, 4.69) is 5.32 Å². The maximum absolute atomic E-state index is 14.1. The Morgan fingerprint density at radius 3 is 2.23 bits per heavy atom. The molecule has 2 N–H and O–H groups in total. The van der Waals surface area contributed by atoms with Gasteiger partial charge in [0.05, 0.1) is 6.54 Å². The zero-order valence-corrected chi connectivity index (χ0v) is 22.3. The van der Waals surface area contributed by atoms with Gasteiger partial charge in [-0.1, -0.05) is 48.5 Å². The van der Waals surface area contributed by atoms with Gasteiger partial charge in [-0.2, -0.15) is 0 Å². The first-order valence-corrected chi connectivity index (χ1v) is 13.1. The lowest BCUT2D eigenvalue weighted by Gasteiger charge is -2.28. The van der Waals surface area contributed by atoms with Gasteiger partial charge in [0, 0.05) is 18.4 Å². The van der Waals surface area contributed by atoms with Gasteiger partial charge in [0.2, 0.25) is 0 Å². The Bertz CT molecular complexity index is 1180. The number of likely N-dealkylation sites (tertiary alicyclic amines) is 1. The van der Waals surface area contributed by atoms with Crippen molar-refractivity contribution in [2.24, 2.45) is 0 Å². The molecule has 4 rings (SSSR count). The maximum atomic E-state index is 14.1. The topological polar surface area (TPSA) is 105 Å². The van der Waals surface area contributed by atoms with Crippen molar-refractivity contribution in [2.75, 3.05) is 13.2 Å². The minimum Gasteiger partial charge on any atom is -0.480 e. The molecule has 1 unspecified atom stereocenters. The second kappa shape index (κ2) is 11.2. The molecule has 0 bridgehead atoms. The summed E-state index contributed by atoms with van der Waals surface area (Å²) in [5, 5.41) is 12.0. The van der Waals surface area contributed by atoms with Gasteiger partial charge in [-0.15, -0.1) is 0 Å². The number of carbonyl (C=O) groups is 3. The Labute approximate surface area is 226 Å². The van der Waals surface area contributed by atoms with Gasteiger partial charge < -0.3 is 19.9 Å². The van der Waals surface area contributed by atoms with Gasteiger partial charge in [-0.05, 0) is 62.3 Å². The number of ether oxygens (including phenoxy) is 2. The summed E-state index contributed by atoms with van der Waals surface area (Å²) in [5.41, 5.74) is 3.38. The molecular weight excluding hydrogens is 510 g/mol. The van der Waals surface area contributed by atoms with E-state index in [0.717, 1.165) is 27.2 Å². The van der Waals surface area contributed by atoms with Crippen molar-refractivity contribution in [1.29, 1.82) is 0 Å². The predicted molar refractivity (Wildman–Crippen MR) is 140 cm³/mol. The van der Waals surface area contributed by atoms with Gasteiger partial charge in [0.1, 0.15) is 18.2 Å². The molecule has 2 aromatic rings. The van der Waals surface area contributed by atoms with Crippen LogP contribution in [0.2, 0.25) is 0 Å². The van der Waals surface area contributed by atoms with E-state index in [1.54, 1.807) is 20.8 Å². The quantitative estimate of drug-likeness (QED) is 0.436. The highest BCUT2D eigenvalue weighted by Crippen LogP contribution is 2.44. The number of aliphatic carboxylic acids is 1. The summed E-state index contributed by atoms with van der Waals surface area (Å²) in [7, 11) is 0. The minimum atomic E-state index is -3.05. The summed E-state index contributed by atoms with van der Waals surface area (Å²) in [4.78, 5) is 37.8. The Morgan fingerprint density at radius 1 is 1.08 bits per heavy atom. The molecule has 1 fully saturated rings. The first-order valence-electron chi connectivity index (χ1n) is 13.1. The van der Waals surface area contributed by atoms with Crippen LogP contribution in [-0.2, 0) is 14.3 Å². The van der Waals surface area contributed by atoms with Crippen LogP contribution in [0.3, 0.4) is 0 Å². The zero-order valence-electron chi connectivity index (χ0n) is 22.3. The van der Waals surface area contributed by atoms with E-state index in [4.69, 9.17) is 9.47 Å². The van der Waals surface area contributed by atoms with E-state index in [1.807, 2.05) is 48.5 Å². The molecule has 1 aliphatic carbocycles. The van der Waals surface area contributed by atoms with Gasteiger partial charge in [-0.25, -0.2) is 23.2 Å². The van der Waals surface area contributed by atoms with Crippen molar-refractivity contribution in [3.8, 4) is 11.1 Å². The van der Waals surface area contributed by atoms with E-state index >= 15 is 0 Å². The van der Waals surface area contributed by atoms with Crippen molar-refractivity contribution in [1.82, 2.24) is 10.2 Å². The molecule has 210 valence electrons. The number of amides is 2. The third kappa shape index (κ3) is 6.85. The average Bonchev–Trinajstić information content (AvgIpc) is 3.34. The molecule has 2 amide bonds. The van der Waals surface area contributed by atoms with Crippen LogP contribution < -0.4 is 5.32 Å². The summed E-state index contributed by atoms with van der Waals surface area (Å²) in [6.07, 6.45) is -1.89. The molecule has 2 atom stereocenters. The number of alkyl halides is 2. The number of hydrogen-bond donors (Lipinski definition) is 2. The van der Waals surface area contributed by atoms with Crippen LogP contribution in [-0.4, -0.2) is 64.9 Å². The van der Waals surface area contributed by atoms with Crippen LogP contribution in [0, 0.1) is 0 Å². The van der Waals surface area contributed by atoms with Crippen LogP contribution in [0.5, 0.6) is 0 Å². The molecule has 2 aromatic carbocycles. The number of alkyl carbamates (subject to hydrolysis) is 1. The zero-order chi connectivity index (χ0) is 28.4. The first kappa shape index (κ1) is 28.3. The highest BCUT2D eigenvalue weighted by atomic mass is 19.3. The van der Waals surface area contributed by atoms with E-state index in [0.29, 0.717) is 0 Å². The fraction of sp³-hybridized carbons (Fsp3) is 0.483. The summed E-state index contributed by atoms with van der Waals surface area (Å²) in [6, 6.07) is 13.7. The number of carboxylic acids is 1. The first-order chi connectivity index (χ1) is 18.3. The van der Waals surface area contributed by atoms with Gasteiger partial charge in [0.25, 0.3) is 5.92 Å². The second-order valence-electron chi connectivity index (χ2n) is 11.1. The van der Waals surface area contributed by atoms with E-state index in [1.165, 1.54) is 0 Å². The third-order valence-corrected chi connectivity index (χ3v) is 6.97. The number of rotatable bonds is 8.